The van der Waals surface area contributed by atoms with Crippen LogP contribution in [0.4, 0.5) is 15.3 Å². The van der Waals surface area contributed by atoms with E-state index in [0.717, 1.165) is 13.1 Å². The maximum Gasteiger partial charge on any atom is 0.408 e. The molecule has 10 atom stereocenters. The molecule has 2 saturated carbocycles. The van der Waals surface area contributed by atoms with Crippen molar-refractivity contribution in [2.75, 3.05) is 31.2 Å². The molecule has 10 rings (SSSR count). The van der Waals surface area contributed by atoms with Gasteiger partial charge in [-0.05, 0) is 149 Å². The number of hydrogen-bond acceptors (Lipinski definition) is 18. The van der Waals surface area contributed by atoms with Crippen LogP contribution in [0.3, 0.4) is 0 Å². The van der Waals surface area contributed by atoms with Gasteiger partial charge in [-0.15, -0.1) is 13.2 Å². The van der Waals surface area contributed by atoms with Gasteiger partial charge in [0.25, 0.3) is 11.1 Å². The van der Waals surface area contributed by atoms with Gasteiger partial charge in [-0.3, -0.25) is 28.8 Å². The molecule has 0 radical (unpaired) electrons. The van der Waals surface area contributed by atoms with Crippen LogP contribution in [-0.4, -0.2) is 150 Å². The summed E-state index contributed by atoms with van der Waals surface area (Å²) < 4.78 is 24.9. The molecule has 4 aromatic rings. The number of carbonyl (C=O) groups is 8. The van der Waals surface area contributed by atoms with Crippen molar-refractivity contribution < 1.29 is 57.3 Å². The average molecular weight is 1590 g/mol. The molecule has 2 saturated heterocycles. The predicted octanol–water partition coefficient (Wildman–Crippen LogP) is 8.99. The first-order chi connectivity index (χ1) is 47.2. The van der Waals surface area contributed by atoms with E-state index in [2.05, 4.69) is 139 Å². The quantitative estimate of drug-likeness (QED) is 0.0374. The number of hydrogen-bond donors (Lipinski definition) is 5. The number of nitrogens with one attached hydrogen (secondary N) is 5. The minimum absolute atomic E-state index is 0.0341. The largest absolute Gasteiger partial charge is 0.464 e. The minimum Gasteiger partial charge on any atom is -0.464 e. The summed E-state index contributed by atoms with van der Waals surface area (Å²) in [5.74, 6) is -4.07. The van der Waals surface area contributed by atoms with Crippen molar-refractivity contribution >= 4 is 101 Å². The van der Waals surface area contributed by atoms with E-state index in [1.165, 1.54) is 47.6 Å². The van der Waals surface area contributed by atoms with Crippen molar-refractivity contribution in [2.24, 2.45) is 22.7 Å². The van der Waals surface area contributed by atoms with Gasteiger partial charge in [0.05, 0.1) is 47.9 Å². The average Bonchev–Trinajstić information content (AvgIpc) is 1.59. The SMILES string of the molecule is C=C[C@@H]1C[C@]1(NC(=O)[C@@H]1C[C@@H](n2ncc(Br)c(Br)c2=O)CN1C(=O)[C@@H](NC(=O)OC(C)(C)C)C(C)(C)C)C(=O)OCC.C=C[C@@H]1C[C@]1(NC(=O)[C@@H]1C[C@@H](n2ncc(N3Cc4ccccc4C3)c(Br)c2=O)CN1C(=O)[C@@H](NC(=O)OC(C)(C)C)C(C)(C)C)C(=O)OCC.c1ccc2c(c1)CNC2. The lowest BCUT2D eigenvalue weighted by atomic mass is 9.85. The third-order valence-corrected chi connectivity index (χ3v) is 20.9. The summed E-state index contributed by atoms with van der Waals surface area (Å²) in [7, 11) is 0. The Bertz CT molecular complexity index is 3920. The summed E-state index contributed by atoms with van der Waals surface area (Å²) in [6, 6.07) is 10.9. The highest BCUT2D eigenvalue weighted by atomic mass is 79.9. The summed E-state index contributed by atoms with van der Waals surface area (Å²) >= 11 is 10.0. The van der Waals surface area contributed by atoms with Crippen molar-refractivity contribution in [1.82, 2.24) is 55.9 Å². The summed E-state index contributed by atoms with van der Waals surface area (Å²) in [6.45, 7) is 35.4. The Kier molecular flexibility index (Phi) is 24.6. The number of amides is 6. The molecule has 5 N–H and O–H groups in total. The second kappa shape index (κ2) is 31.5. The third-order valence-electron chi connectivity index (χ3n) is 18.3. The van der Waals surface area contributed by atoms with Crippen molar-refractivity contribution in [3.05, 3.63) is 143 Å². The van der Waals surface area contributed by atoms with Crippen LogP contribution in [0.1, 0.15) is 157 Å². The van der Waals surface area contributed by atoms with Crippen LogP contribution in [0.15, 0.2) is 109 Å². The summed E-state index contributed by atoms with van der Waals surface area (Å²) in [4.78, 5) is 140. The lowest BCUT2D eigenvalue weighted by Gasteiger charge is -2.36. The number of alkyl carbamates (subject to hydrolysis) is 2. The number of benzene rings is 2. The fourth-order valence-electron chi connectivity index (χ4n) is 12.9. The van der Waals surface area contributed by atoms with Gasteiger partial charge in [0, 0.05) is 63.9 Å². The first kappa shape index (κ1) is 79.0. The Morgan fingerprint density at radius 3 is 1.33 bits per heavy atom. The van der Waals surface area contributed by atoms with Gasteiger partial charge in [0.15, 0.2) is 0 Å². The van der Waals surface area contributed by atoms with Crippen LogP contribution in [0.5, 0.6) is 0 Å². The lowest BCUT2D eigenvalue weighted by molar-refractivity contribution is -0.150. The monoisotopic (exact) mass is 1590 g/mol. The fraction of sp³-hybridized carbons (Fsp3) is 0.556. The zero-order valence-corrected chi connectivity index (χ0v) is 64.7. The Labute approximate surface area is 614 Å². The number of ether oxygens (including phenoxy) is 4. The van der Waals surface area contributed by atoms with Gasteiger partial charge in [0.2, 0.25) is 23.6 Å². The molecule has 0 spiro atoms. The fourth-order valence-corrected chi connectivity index (χ4v) is 14.0. The smallest absolute Gasteiger partial charge is 0.408 e. The van der Waals surface area contributed by atoms with Crippen molar-refractivity contribution in [3.63, 3.8) is 0 Å². The Hall–Kier alpha value is -7.76. The normalized spacial score (nSPS) is 23.2. The van der Waals surface area contributed by atoms with Crippen LogP contribution in [0, 0.1) is 22.7 Å². The molecular weight excluding hydrogens is 1500 g/mol. The number of rotatable bonds is 17. The molecule has 0 bridgehead atoms. The zero-order chi connectivity index (χ0) is 74.6. The van der Waals surface area contributed by atoms with E-state index < -0.39 is 128 Å². The molecule has 2 aromatic carbocycles. The van der Waals surface area contributed by atoms with Crippen LogP contribution < -0.4 is 42.6 Å². The number of nitrogens with zero attached hydrogens (tertiary/aromatic N) is 7. The van der Waals surface area contributed by atoms with Crippen LogP contribution in [-0.2, 0) is 73.9 Å². The van der Waals surface area contributed by atoms with E-state index in [4.69, 9.17) is 18.9 Å². The second-order valence-electron chi connectivity index (χ2n) is 30.3. The molecule has 4 aliphatic heterocycles. The number of halogens is 3. The molecule has 4 fully saturated rings. The van der Waals surface area contributed by atoms with Gasteiger partial charge in [0.1, 0.15) is 55.4 Å². The van der Waals surface area contributed by atoms with Gasteiger partial charge < -0.3 is 60.2 Å². The highest BCUT2D eigenvalue weighted by molar-refractivity contribution is 9.13. The van der Waals surface area contributed by atoms with Gasteiger partial charge >= 0.3 is 24.1 Å². The maximum atomic E-state index is 14.5. The van der Waals surface area contributed by atoms with E-state index in [1.807, 2.05) is 12.1 Å². The molecule has 29 heteroatoms. The number of esters is 2. The van der Waals surface area contributed by atoms with E-state index in [0.29, 0.717) is 40.6 Å². The molecule has 548 valence electrons. The molecule has 26 nitrogen and oxygen atoms in total. The first-order valence-electron chi connectivity index (χ1n) is 33.9. The Morgan fingerprint density at radius 1 is 0.594 bits per heavy atom. The summed E-state index contributed by atoms with van der Waals surface area (Å²) in [5.41, 5.74) is -0.727. The van der Waals surface area contributed by atoms with Crippen molar-refractivity contribution in [1.29, 1.82) is 0 Å². The number of aromatic nitrogens is 4. The molecule has 2 aromatic heterocycles. The maximum absolute atomic E-state index is 14.5. The van der Waals surface area contributed by atoms with Crippen molar-refractivity contribution in [3.8, 4) is 0 Å². The first-order valence-corrected chi connectivity index (χ1v) is 36.2. The van der Waals surface area contributed by atoms with Crippen LogP contribution in [0.2, 0.25) is 0 Å². The zero-order valence-electron chi connectivity index (χ0n) is 59.9. The van der Waals surface area contributed by atoms with Gasteiger partial charge in [-0.2, -0.15) is 10.2 Å². The molecule has 6 aliphatic rings. The molecule has 2 aliphatic carbocycles. The molecule has 6 amide bonds. The predicted molar refractivity (Wildman–Crippen MR) is 389 cm³/mol. The number of carbonyl (C=O) groups excluding carboxylic acids is 8. The van der Waals surface area contributed by atoms with E-state index in [-0.39, 0.29) is 55.5 Å². The highest BCUT2D eigenvalue weighted by Crippen LogP contribution is 2.47. The molecule has 101 heavy (non-hydrogen) atoms. The van der Waals surface area contributed by atoms with Gasteiger partial charge in [-0.1, -0.05) is 102 Å². The van der Waals surface area contributed by atoms with E-state index in [1.54, 1.807) is 115 Å². The summed E-state index contributed by atoms with van der Waals surface area (Å²) in [6.07, 6.45) is 5.39. The topological polar surface area (TPSA) is 313 Å². The number of fused-ring (bicyclic) bond motifs is 2. The number of anilines is 1. The number of likely N-dealkylation sites (tertiary alicyclic amines) is 2. The van der Waals surface area contributed by atoms with Crippen molar-refractivity contribution in [2.45, 2.75) is 207 Å². The Balaban J connectivity index is 0.000000230. The Morgan fingerprint density at radius 2 is 0.970 bits per heavy atom. The molecule has 0 unspecified atom stereocenters. The molecular formula is C72H95Br3N12O14. The minimum atomic E-state index is -1.30. The van der Waals surface area contributed by atoms with E-state index >= 15 is 0 Å². The highest BCUT2D eigenvalue weighted by Gasteiger charge is 2.63. The second-order valence-corrected chi connectivity index (χ2v) is 32.7. The van der Waals surface area contributed by atoms with E-state index in [9.17, 15) is 47.9 Å². The summed E-state index contributed by atoms with van der Waals surface area (Å²) in [5, 5.41) is 23.2. The third kappa shape index (κ3) is 18.4. The standard InChI is InChI=1S/C36H47BrN6O7.C28H39Br2N5O7.C8H9N/c1-9-23-16-36(23,32(47)49-10-2)40-29(44)25-15-24(20-42(25)31(46)28(34(3,4)5)39-33(48)50-35(6,7)8)43-30(45)27(37)26(17-38-43)41-18-21-13-11-12-14-22(21)19-41;1-9-15-12-28(15,24(39)41-10-2)33-21(36)18-11-16(35-22(37)19(30)17(29)13-31-35)14-34(18)23(38)20(26(3,4)5)32-25(40)42-27(6,7)8;1-2-4-8-6-9-5-7(8)3-1/h9,11-14,17,23-25,28H,1,10,15-16,18-20H2,2-8H3,(H,39,48)(H,40,44);9,13,15-16,18,20H,1,10-12,14H2,2-8H3,(H,32,40)(H,33,36);1-4,9H,5-6H2/t23-,24-,25+,28-,36-;15-,16-,18+,20-,28-;/m11./s1. The van der Waals surface area contributed by atoms with Crippen LogP contribution >= 0.6 is 47.8 Å². The van der Waals surface area contributed by atoms with Crippen LogP contribution in [0.25, 0.3) is 0 Å². The van der Waals surface area contributed by atoms with Gasteiger partial charge in [-0.25, -0.2) is 28.5 Å². The lowest BCUT2D eigenvalue weighted by Crippen LogP contribution is -2.59. The molecule has 6 heterocycles.